The Morgan fingerprint density at radius 1 is 1.38 bits per heavy atom. The Bertz CT molecular complexity index is 459. The van der Waals surface area contributed by atoms with E-state index in [4.69, 9.17) is 4.74 Å². The van der Waals surface area contributed by atoms with Crippen LogP contribution in [0.5, 0.6) is 0 Å². The van der Waals surface area contributed by atoms with Gasteiger partial charge in [-0.05, 0) is 33.1 Å². The van der Waals surface area contributed by atoms with E-state index in [1.54, 1.807) is 12.4 Å². The fraction of sp³-hybridized carbons (Fsp3) is 0.600. The summed E-state index contributed by atoms with van der Waals surface area (Å²) in [5.41, 5.74) is 1.53. The predicted molar refractivity (Wildman–Crippen MR) is 82.6 cm³/mol. The Hall–Kier alpha value is -1.66. The number of hydrogen-bond acceptors (Lipinski definition) is 5. The van der Waals surface area contributed by atoms with Gasteiger partial charge >= 0.3 is 0 Å². The van der Waals surface area contributed by atoms with Crippen molar-refractivity contribution < 1.29 is 9.53 Å². The molecule has 1 fully saturated rings. The van der Waals surface area contributed by atoms with Gasteiger partial charge in [0.05, 0.1) is 24.5 Å². The minimum atomic E-state index is 0.0303. The van der Waals surface area contributed by atoms with Crippen LogP contribution in [0.2, 0.25) is 0 Å². The van der Waals surface area contributed by atoms with Crippen molar-refractivity contribution >= 4 is 11.6 Å². The van der Waals surface area contributed by atoms with Crippen molar-refractivity contribution in [3.05, 3.63) is 24.0 Å². The highest BCUT2D eigenvalue weighted by Crippen LogP contribution is 2.12. The van der Waals surface area contributed by atoms with E-state index < -0.39 is 0 Å². The van der Waals surface area contributed by atoms with Crippen LogP contribution in [0, 0.1) is 0 Å². The summed E-state index contributed by atoms with van der Waals surface area (Å²) in [6.07, 6.45) is 4.43. The first-order valence-corrected chi connectivity index (χ1v) is 7.37. The van der Waals surface area contributed by atoms with E-state index in [1.165, 1.54) is 0 Å². The number of ether oxygens (including phenoxy) is 1. The molecule has 0 atom stereocenters. The van der Waals surface area contributed by atoms with Gasteiger partial charge in [-0.1, -0.05) is 0 Å². The summed E-state index contributed by atoms with van der Waals surface area (Å²) in [5.74, 6) is 0.0303. The number of carbonyl (C=O) groups excluding carboxylic acids is 1. The number of anilines is 1. The largest absolute Gasteiger partial charge is 0.384 e. The zero-order valence-electron chi connectivity index (χ0n) is 12.8. The molecule has 0 radical (unpaired) electrons. The van der Waals surface area contributed by atoms with Crippen LogP contribution in [0.3, 0.4) is 0 Å². The summed E-state index contributed by atoms with van der Waals surface area (Å²) in [4.78, 5) is 20.5. The molecular weight excluding hydrogens is 268 g/mol. The standard InChI is InChI=1S/C15H24N4O2/c1-18(2)5-3-4-17-14-10-13(11-16-12-14)15(20)19-6-8-21-9-7-19/h10-12,17H,3-9H2,1-2H3. The van der Waals surface area contributed by atoms with E-state index in [0.29, 0.717) is 31.9 Å². The average Bonchev–Trinajstić information content (AvgIpc) is 2.52. The molecule has 0 spiro atoms. The lowest BCUT2D eigenvalue weighted by Crippen LogP contribution is -2.40. The quantitative estimate of drug-likeness (QED) is 0.790. The van der Waals surface area contributed by atoms with Gasteiger partial charge in [0.1, 0.15) is 0 Å². The maximum Gasteiger partial charge on any atom is 0.255 e. The second kappa shape index (κ2) is 7.95. The van der Waals surface area contributed by atoms with Gasteiger partial charge in [-0.15, -0.1) is 0 Å². The lowest BCUT2D eigenvalue weighted by atomic mass is 10.2. The van der Waals surface area contributed by atoms with Crippen molar-refractivity contribution in [1.29, 1.82) is 0 Å². The van der Waals surface area contributed by atoms with Crippen LogP contribution in [0.15, 0.2) is 18.5 Å². The van der Waals surface area contributed by atoms with Gasteiger partial charge in [-0.3, -0.25) is 9.78 Å². The van der Waals surface area contributed by atoms with Crippen LogP contribution in [-0.2, 0) is 4.74 Å². The molecule has 0 aliphatic carbocycles. The Morgan fingerprint density at radius 2 is 2.14 bits per heavy atom. The van der Waals surface area contributed by atoms with Gasteiger partial charge in [-0.25, -0.2) is 0 Å². The molecule has 1 aromatic heterocycles. The Kier molecular flexibility index (Phi) is 5.95. The van der Waals surface area contributed by atoms with Crippen molar-refractivity contribution in [2.45, 2.75) is 6.42 Å². The van der Waals surface area contributed by atoms with Crippen molar-refractivity contribution in [2.24, 2.45) is 0 Å². The SMILES string of the molecule is CN(C)CCCNc1cncc(C(=O)N2CCOCC2)c1. The Balaban J connectivity index is 1.89. The molecular formula is C15H24N4O2. The van der Waals surface area contributed by atoms with E-state index in [1.807, 2.05) is 11.0 Å². The number of rotatable bonds is 6. The molecule has 2 rings (SSSR count). The summed E-state index contributed by atoms with van der Waals surface area (Å²) in [5, 5.41) is 3.31. The lowest BCUT2D eigenvalue weighted by Gasteiger charge is -2.26. The van der Waals surface area contributed by atoms with Crippen molar-refractivity contribution in [1.82, 2.24) is 14.8 Å². The van der Waals surface area contributed by atoms with E-state index in [-0.39, 0.29) is 5.91 Å². The lowest BCUT2D eigenvalue weighted by molar-refractivity contribution is 0.0302. The molecule has 21 heavy (non-hydrogen) atoms. The van der Waals surface area contributed by atoms with Gasteiger partial charge < -0.3 is 19.9 Å². The number of amides is 1. The topological polar surface area (TPSA) is 57.7 Å². The molecule has 6 nitrogen and oxygen atoms in total. The molecule has 116 valence electrons. The fourth-order valence-electron chi connectivity index (χ4n) is 2.23. The van der Waals surface area contributed by atoms with Crippen molar-refractivity contribution in [3.63, 3.8) is 0 Å². The molecule has 0 bridgehead atoms. The van der Waals surface area contributed by atoms with Crippen LogP contribution < -0.4 is 5.32 Å². The molecule has 0 aromatic carbocycles. The van der Waals surface area contributed by atoms with E-state index >= 15 is 0 Å². The number of carbonyl (C=O) groups is 1. The normalized spacial score (nSPS) is 15.3. The third kappa shape index (κ3) is 4.99. The zero-order chi connectivity index (χ0) is 15.1. The molecule has 1 N–H and O–H groups in total. The van der Waals surface area contributed by atoms with Crippen LogP contribution >= 0.6 is 0 Å². The number of pyridine rings is 1. The van der Waals surface area contributed by atoms with Crippen molar-refractivity contribution in [2.75, 3.05) is 58.8 Å². The van der Waals surface area contributed by atoms with Gasteiger partial charge in [0.25, 0.3) is 5.91 Å². The molecule has 6 heteroatoms. The molecule has 1 aliphatic heterocycles. The molecule has 1 aliphatic rings. The number of nitrogens with zero attached hydrogens (tertiary/aromatic N) is 3. The first-order valence-electron chi connectivity index (χ1n) is 7.37. The maximum atomic E-state index is 12.4. The van der Waals surface area contributed by atoms with Crippen LogP contribution in [0.25, 0.3) is 0 Å². The van der Waals surface area contributed by atoms with Gasteiger partial charge in [-0.2, -0.15) is 0 Å². The monoisotopic (exact) mass is 292 g/mol. The smallest absolute Gasteiger partial charge is 0.255 e. The summed E-state index contributed by atoms with van der Waals surface area (Å²) in [6.45, 7) is 4.43. The third-order valence-electron chi connectivity index (χ3n) is 3.39. The predicted octanol–water partition coefficient (Wildman–Crippen LogP) is 0.918. The van der Waals surface area contributed by atoms with Crippen LogP contribution in [0.4, 0.5) is 5.69 Å². The highest BCUT2D eigenvalue weighted by Gasteiger charge is 2.18. The number of hydrogen-bond donors (Lipinski definition) is 1. The Morgan fingerprint density at radius 3 is 2.86 bits per heavy atom. The summed E-state index contributed by atoms with van der Waals surface area (Å²) in [6, 6.07) is 1.88. The first kappa shape index (κ1) is 15.7. The van der Waals surface area contributed by atoms with Gasteiger partial charge in [0, 0.05) is 32.0 Å². The van der Waals surface area contributed by atoms with E-state index in [9.17, 15) is 4.79 Å². The summed E-state index contributed by atoms with van der Waals surface area (Å²) < 4.78 is 5.27. The number of aromatic nitrogens is 1. The highest BCUT2D eigenvalue weighted by molar-refractivity contribution is 5.94. The Labute approximate surface area is 126 Å². The molecule has 1 saturated heterocycles. The van der Waals surface area contributed by atoms with E-state index in [2.05, 4.69) is 29.3 Å². The third-order valence-corrected chi connectivity index (χ3v) is 3.39. The maximum absolute atomic E-state index is 12.4. The average molecular weight is 292 g/mol. The summed E-state index contributed by atoms with van der Waals surface area (Å²) in [7, 11) is 4.12. The summed E-state index contributed by atoms with van der Waals surface area (Å²) >= 11 is 0. The second-order valence-corrected chi connectivity index (χ2v) is 5.45. The fourth-order valence-corrected chi connectivity index (χ4v) is 2.23. The number of morpholine rings is 1. The highest BCUT2D eigenvalue weighted by atomic mass is 16.5. The van der Waals surface area contributed by atoms with Gasteiger partial charge in [0.15, 0.2) is 0 Å². The molecule has 1 amide bonds. The van der Waals surface area contributed by atoms with Crippen molar-refractivity contribution in [3.8, 4) is 0 Å². The molecule has 2 heterocycles. The van der Waals surface area contributed by atoms with E-state index in [0.717, 1.165) is 25.2 Å². The number of nitrogens with one attached hydrogen (secondary N) is 1. The molecule has 0 unspecified atom stereocenters. The second-order valence-electron chi connectivity index (χ2n) is 5.45. The zero-order valence-corrected chi connectivity index (χ0v) is 12.8. The molecule has 0 saturated carbocycles. The minimum absolute atomic E-state index is 0.0303. The first-order chi connectivity index (χ1) is 10.2. The van der Waals surface area contributed by atoms with Crippen LogP contribution in [0.1, 0.15) is 16.8 Å². The van der Waals surface area contributed by atoms with Crippen LogP contribution in [-0.4, -0.2) is 74.2 Å². The molecule has 1 aromatic rings. The minimum Gasteiger partial charge on any atom is -0.384 e. The van der Waals surface area contributed by atoms with Gasteiger partial charge in [0.2, 0.25) is 0 Å².